The van der Waals surface area contributed by atoms with Gasteiger partial charge in [0.25, 0.3) is 0 Å². The Morgan fingerprint density at radius 3 is 2.16 bits per heavy atom. The molecule has 1 aromatic carbocycles. The first-order valence-electron chi connectivity index (χ1n) is 8.31. The van der Waals surface area contributed by atoms with Gasteiger partial charge in [-0.2, -0.15) is 0 Å². The molecule has 25 heavy (non-hydrogen) atoms. The van der Waals surface area contributed by atoms with Gasteiger partial charge in [0.05, 0.1) is 25.8 Å². The largest absolute Gasteiger partial charge is 0.465 e. The molecule has 0 atom stereocenters. The lowest BCUT2D eigenvalue weighted by Crippen LogP contribution is -2.42. The second kappa shape index (κ2) is 10.5. The Labute approximate surface area is 148 Å². The number of amides is 2. The highest BCUT2D eigenvalue weighted by Gasteiger charge is 2.14. The molecule has 7 heteroatoms. The first kappa shape index (κ1) is 20.6. The number of nitrogens with one attached hydrogen (secondary N) is 1. The molecule has 0 aliphatic rings. The first-order chi connectivity index (χ1) is 11.9. The summed E-state index contributed by atoms with van der Waals surface area (Å²) in [5, 5.41) is 2.80. The third-order valence-corrected chi connectivity index (χ3v) is 3.80. The monoisotopic (exact) mass is 349 g/mol. The number of benzene rings is 1. The summed E-state index contributed by atoms with van der Waals surface area (Å²) in [6.45, 7) is 5.90. The van der Waals surface area contributed by atoms with Gasteiger partial charge in [-0.1, -0.05) is 12.1 Å². The van der Waals surface area contributed by atoms with Gasteiger partial charge >= 0.3 is 5.97 Å². The van der Waals surface area contributed by atoms with Crippen molar-refractivity contribution in [3.63, 3.8) is 0 Å². The number of carbonyl (C=O) groups excluding carboxylic acids is 3. The summed E-state index contributed by atoms with van der Waals surface area (Å²) in [5.41, 5.74) is 1.34. The Morgan fingerprint density at radius 2 is 1.64 bits per heavy atom. The van der Waals surface area contributed by atoms with E-state index in [0.717, 1.165) is 5.56 Å². The molecule has 0 aromatic heterocycles. The fourth-order valence-electron chi connectivity index (χ4n) is 2.34. The van der Waals surface area contributed by atoms with Gasteiger partial charge in [0.15, 0.2) is 0 Å². The second-order valence-corrected chi connectivity index (χ2v) is 5.70. The van der Waals surface area contributed by atoms with Gasteiger partial charge in [-0.3, -0.25) is 14.5 Å². The Morgan fingerprint density at radius 1 is 1.04 bits per heavy atom. The second-order valence-electron chi connectivity index (χ2n) is 5.70. The number of methoxy groups -OCH3 is 1. The number of hydrogen-bond donors (Lipinski definition) is 1. The van der Waals surface area contributed by atoms with Gasteiger partial charge in [0, 0.05) is 19.6 Å². The van der Waals surface area contributed by atoms with E-state index in [-0.39, 0.29) is 24.9 Å². The van der Waals surface area contributed by atoms with E-state index in [1.165, 1.54) is 7.11 Å². The smallest absolute Gasteiger partial charge is 0.337 e. The van der Waals surface area contributed by atoms with E-state index in [2.05, 4.69) is 10.1 Å². The number of esters is 1. The SMILES string of the molecule is CCN(CC)C(=O)CN(C)CC(=O)NCc1ccc(C(=O)OC)cc1. The Balaban J connectivity index is 2.41. The normalized spacial score (nSPS) is 10.4. The molecule has 138 valence electrons. The molecule has 0 aliphatic heterocycles. The van der Waals surface area contributed by atoms with Crippen LogP contribution in [0.1, 0.15) is 29.8 Å². The maximum absolute atomic E-state index is 12.0. The highest BCUT2D eigenvalue weighted by molar-refractivity contribution is 5.89. The van der Waals surface area contributed by atoms with Crippen LogP contribution in [0.5, 0.6) is 0 Å². The molecular weight excluding hydrogens is 322 g/mol. The van der Waals surface area contributed by atoms with Crippen molar-refractivity contribution in [2.75, 3.05) is 40.3 Å². The molecule has 0 saturated carbocycles. The molecule has 1 N–H and O–H groups in total. The Hall–Kier alpha value is -2.41. The topological polar surface area (TPSA) is 79.0 Å². The summed E-state index contributed by atoms with van der Waals surface area (Å²) in [4.78, 5) is 38.8. The van der Waals surface area contributed by atoms with E-state index in [1.807, 2.05) is 13.8 Å². The van der Waals surface area contributed by atoms with Crippen LogP contribution >= 0.6 is 0 Å². The molecule has 0 unspecified atom stereocenters. The van der Waals surface area contributed by atoms with Crippen LogP contribution in [0.4, 0.5) is 0 Å². The van der Waals surface area contributed by atoms with Crippen molar-refractivity contribution in [2.24, 2.45) is 0 Å². The summed E-state index contributed by atoms with van der Waals surface area (Å²) < 4.78 is 4.64. The van der Waals surface area contributed by atoms with Crippen LogP contribution in [0.2, 0.25) is 0 Å². The molecule has 0 fully saturated rings. The van der Waals surface area contributed by atoms with E-state index in [9.17, 15) is 14.4 Å². The lowest BCUT2D eigenvalue weighted by atomic mass is 10.1. The predicted molar refractivity (Wildman–Crippen MR) is 95.1 cm³/mol. The zero-order chi connectivity index (χ0) is 18.8. The van der Waals surface area contributed by atoms with Gasteiger partial charge < -0.3 is 15.0 Å². The van der Waals surface area contributed by atoms with E-state index >= 15 is 0 Å². The van der Waals surface area contributed by atoms with Crippen molar-refractivity contribution in [2.45, 2.75) is 20.4 Å². The van der Waals surface area contributed by atoms with E-state index in [1.54, 1.807) is 41.1 Å². The minimum atomic E-state index is -0.393. The maximum atomic E-state index is 12.0. The summed E-state index contributed by atoms with van der Waals surface area (Å²) >= 11 is 0. The summed E-state index contributed by atoms with van der Waals surface area (Å²) in [7, 11) is 3.07. The minimum absolute atomic E-state index is 0.0127. The molecule has 0 radical (unpaired) electrons. The van der Waals surface area contributed by atoms with Gasteiger partial charge in [0.2, 0.25) is 11.8 Å². The van der Waals surface area contributed by atoms with Gasteiger partial charge in [-0.05, 0) is 38.6 Å². The van der Waals surface area contributed by atoms with Crippen LogP contribution < -0.4 is 5.32 Å². The summed E-state index contributed by atoms with van der Waals surface area (Å²) in [6.07, 6.45) is 0. The summed E-state index contributed by atoms with van der Waals surface area (Å²) in [5.74, 6) is -0.541. The van der Waals surface area contributed by atoms with Crippen LogP contribution in [0.3, 0.4) is 0 Å². The standard InChI is InChI=1S/C18H27N3O4/c1-5-21(6-2)17(23)13-20(3)12-16(22)19-11-14-7-9-15(10-8-14)18(24)25-4/h7-10H,5-6,11-13H2,1-4H3,(H,19,22). The molecule has 0 aliphatic carbocycles. The summed E-state index contributed by atoms with van der Waals surface area (Å²) in [6, 6.07) is 6.84. The molecule has 1 aromatic rings. The first-order valence-corrected chi connectivity index (χ1v) is 8.31. The number of hydrogen-bond acceptors (Lipinski definition) is 5. The number of carbonyl (C=O) groups is 3. The molecular formula is C18H27N3O4. The molecule has 1 rings (SSSR count). The lowest BCUT2D eigenvalue weighted by Gasteiger charge is -2.22. The number of rotatable bonds is 9. The number of likely N-dealkylation sites (N-methyl/N-ethyl adjacent to an activating group) is 2. The van der Waals surface area contributed by atoms with E-state index < -0.39 is 5.97 Å². The van der Waals surface area contributed by atoms with Crippen LogP contribution in [-0.2, 0) is 20.9 Å². The van der Waals surface area contributed by atoms with Crippen LogP contribution in [-0.4, -0.2) is 67.9 Å². The molecule has 0 bridgehead atoms. The van der Waals surface area contributed by atoms with Crippen LogP contribution in [0.15, 0.2) is 24.3 Å². The fourth-order valence-corrected chi connectivity index (χ4v) is 2.34. The number of nitrogens with zero attached hydrogens (tertiary/aromatic N) is 2. The minimum Gasteiger partial charge on any atom is -0.465 e. The highest BCUT2D eigenvalue weighted by Crippen LogP contribution is 2.05. The molecule has 0 spiro atoms. The van der Waals surface area contributed by atoms with Crippen molar-refractivity contribution in [3.05, 3.63) is 35.4 Å². The van der Waals surface area contributed by atoms with E-state index in [0.29, 0.717) is 25.2 Å². The van der Waals surface area contributed by atoms with Gasteiger partial charge in [0.1, 0.15) is 0 Å². The predicted octanol–water partition coefficient (Wildman–Crippen LogP) is 0.890. The van der Waals surface area contributed by atoms with Crippen LogP contribution in [0, 0.1) is 0 Å². The molecule has 0 heterocycles. The average Bonchev–Trinajstić information content (AvgIpc) is 2.60. The quantitative estimate of drug-likeness (QED) is 0.670. The third-order valence-electron chi connectivity index (χ3n) is 3.80. The fraction of sp³-hybridized carbons (Fsp3) is 0.500. The zero-order valence-corrected chi connectivity index (χ0v) is 15.4. The van der Waals surface area contributed by atoms with Crippen LogP contribution in [0.25, 0.3) is 0 Å². The van der Waals surface area contributed by atoms with Crippen molar-refractivity contribution < 1.29 is 19.1 Å². The van der Waals surface area contributed by atoms with E-state index in [4.69, 9.17) is 0 Å². The van der Waals surface area contributed by atoms with Crippen molar-refractivity contribution >= 4 is 17.8 Å². The van der Waals surface area contributed by atoms with Crippen molar-refractivity contribution in [1.29, 1.82) is 0 Å². The van der Waals surface area contributed by atoms with Crippen molar-refractivity contribution in [1.82, 2.24) is 15.1 Å². The van der Waals surface area contributed by atoms with Gasteiger partial charge in [-0.15, -0.1) is 0 Å². The Kier molecular flexibility index (Phi) is 8.63. The number of ether oxygens (including phenoxy) is 1. The third kappa shape index (κ3) is 6.93. The zero-order valence-electron chi connectivity index (χ0n) is 15.4. The highest BCUT2D eigenvalue weighted by atomic mass is 16.5. The lowest BCUT2D eigenvalue weighted by molar-refractivity contribution is -0.132. The average molecular weight is 349 g/mol. The molecule has 7 nitrogen and oxygen atoms in total. The molecule has 2 amide bonds. The van der Waals surface area contributed by atoms with Gasteiger partial charge in [-0.25, -0.2) is 4.79 Å². The molecule has 0 saturated heterocycles. The maximum Gasteiger partial charge on any atom is 0.337 e. The Bertz CT molecular complexity index is 582. The van der Waals surface area contributed by atoms with Crippen molar-refractivity contribution in [3.8, 4) is 0 Å².